The smallest absolute Gasteiger partial charge is 0.0155 e. The summed E-state index contributed by atoms with van der Waals surface area (Å²) in [6, 6.07) is 17.8. The first kappa shape index (κ1) is 29.4. The largest absolute Gasteiger partial charge is 0.0985 e. The van der Waals surface area contributed by atoms with E-state index in [1.165, 1.54) is 131 Å². The molecule has 0 saturated heterocycles. The van der Waals surface area contributed by atoms with Crippen LogP contribution in [0, 0.1) is 0 Å². The molecule has 0 aliphatic heterocycles. The van der Waals surface area contributed by atoms with Gasteiger partial charge < -0.3 is 0 Å². The minimum Gasteiger partial charge on any atom is -0.0985 e. The van der Waals surface area contributed by atoms with Crippen molar-refractivity contribution in [2.45, 2.75) is 135 Å². The molecule has 0 atom stereocenters. The fourth-order valence-corrected chi connectivity index (χ4v) is 5.60. The van der Waals surface area contributed by atoms with E-state index in [-0.39, 0.29) is 5.41 Å². The maximum Gasteiger partial charge on any atom is 0.0155 e. The van der Waals surface area contributed by atoms with E-state index in [1.807, 2.05) is 6.08 Å². The van der Waals surface area contributed by atoms with Crippen molar-refractivity contribution < 1.29 is 0 Å². The Bertz CT molecular complexity index is 812. The maximum absolute atomic E-state index is 4.05. The molecule has 0 unspecified atom stereocenters. The van der Waals surface area contributed by atoms with Gasteiger partial charge in [0.15, 0.2) is 0 Å². The van der Waals surface area contributed by atoms with Gasteiger partial charge in [-0.1, -0.05) is 178 Å². The molecule has 0 aliphatic carbocycles. The molecule has 0 nitrogen and oxygen atoms in total. The molecule has 0 heteroatoms. The van der Waals surface area contributed by atoms with Gasteiger partial charge in [0.1, 0.15) is 0 Å². The lowest BCUT2D eigenvalue weighted by atomic mass is 9.73. The molecule has 194 valence electrons. The van der Waals surface area contributed by atoms with Gasteiger partial charge in [-0.25, -0.2) is 0 Å². The molecule has 0 bridgehead atoms. The molecule has 0 saturated carbocycles. The average molecular weight is 475 g/mol. The SMILES string of the molecule is C=Cc1ccccc1C(C)(C)c1ccccc1CCCCCCCCCCCCCCCCCC. The summed E-state index contributed by atoms with van der Waals surface area (Å²) in [7, 11) is 0. The van der Waals surface area contributed by atoms with Crippen LogP contribution in [0.25, 0.3) is 6.08 Å². The molecule has 0 heterocycles. The summed E-state index contributed by atoms with van der Waals surface area (Å²) in [5, 5.41) is 0. The lowest BCUT2D eigenvalue weighted by Gasteiger charge is -2.30. The van der Waals surface area contributed by atoms with Crippen LogP contribution in [0.3, 0.4) is 0 Å². The zero-order valence-corrected chi connectivity index (χ0v) is 23.4. The summed E-state index contributed by atoms with van der Waals surface area (Å²) < 4.78 is 0. The topological polar surface area (TPSA) is 0 Å². The first-order chi connectivity index (χ1) is 17.1. The molecule has 0 spiro atoms. The third-order valence-corrected chi connectivity index (χ3v) is 7.84. The zero-order valence-electron chi connectivity index (χ0n) is 23.4. The second-order valence-corrected chi connectivity index (χ2v) is 11.1. The van der Waals surface area contributed by atoms with Crippen LogP contribution in [0.2, 0.25) is 0 Å². The number of unbranched alkanes of at least 4 members (excludes halogenated alkanes) is 15. The highest BCUT2D eigenvalue weighted by molar-refractivity contribution is 5.57. The van der Waals surface area contributed by atoms with Gasteiger partial charge in [0.25, 0.3) is 0 Å². The molecule has 0 amide bonds. The standard InChI is InChI=1S/C35H54/c1-5-7-8-9-10-11-12-13-14-15-16-17-18-19-20-21-27-32-28-23-25-30-34(32)35(3,4)33-29-24-22-26-31(33)6-2/h6,22-26,28-30H,2,5,7-21,27H2,1,3-4H3. The van der Waals surface area contributed by atoms with Crippen molar-refractivity contribution in [3.63, 3.8) is 0 Å². The first-order valence-corrected chi connectivity index (χ1v) is 14.9. The Hall–Kier alpha value is -1.82. The summed E-state index contributed by atoms with van der Waals surface area (Å²) in [5.41, 5.74) is 5.58. The van der Waals surface area contributed by atoms with Gasteiger partial charge >= 0.3 is 0 Å². The Morgan fingerprint density at radius 3 is 1.51 bits per heavy atom. The van der Waals surface area contributed by atoms with Crippen molar-refractivity contribution in [3.8, 4) is 0 Å². The zero-order chi connectivity index (χ0) is 25.2. The van der Waals surface area contributed by atoms with Crippen LogP contribution in [0.4, 0.5) is 0 Å². The Balaban J connectivity index is 1.60. The highest BCUT2D eigenvalue weighted by Gasteiger charge is 2.27. The second kappa shape index (κ2) is 17.6. The van der Waals surface area contributed by atoms with E-state index in [2.05, 4.69) is 75.9 Å². The number of benzene rings is 2. The van der Waals surface area contributed by atoms with Gasteiger partial charge in [-0.05, 0) is 35.1 Å². The van der Waals surface area contributed by atoms with Crippen molar-refractivity contribution in [2.24, 2.45) is 0 Å². The molecule has 0 aromatic heterocycles. The molecule has 2 aromatic rings. The number of aryl methyl sites for hydroxylation is 1. The number of hydrogen-bond donors (Lipinski definition) is 0. The van der Waals surface area contributed by atoms with Crippen LogP contribution in [0.5, 0.6) is 0 Å². The van der Waals surface area contributed by atoms with E-state index in [1.54, 1.807) is 0 Å². The third-order valence-electron chi connectivity index (χ3n) is 7.84. The van der Waals surface area contributed by atoms with Crippen LogP contribution >= 0.6 is 0 Å². The quantitative estimate of drug-likeness (QED) is 0.167. The van der Waals surface area contributed by atoms with Crippen molar-refractivity contribution in [1.82, 2.24) is 0 Å². The molecular weight excluding hydrogens is 420 g/mol. The van der Waals surface area contributed by atoms with E-state index in [0.29, 0.717) is 0 Å². The van der Waals surface area contributed by atoms with Gasteiger partial charge in [-0.2, -0.15) is 0 Å². The predicted octanol–water partition coefficient (Wildman–Crippen LogP) is 11.5. The van der Waals surface area contributed by atoms with E-state index in [9.17, 15) is 0 Å². The van der Waals surface area contributed by atoms with E-state index < -0.39 is 0 Å². The van der Waals surface area contributed by atoms with Gasteiger partial charge in [0, 0.05) is 5.41 Å². The van der Waals surface area contributed by atoms with Gasteiger partial charge in [-0.3, -0.25) is 0 Å². The Labute approximate surface area is 218 Å². The number of hydrogen-bond acceptors (Lipinski definition) is 0. The molecule has 0 aliphatic rings. The van der Waals surface area contributed by atoms with E-state index in [0.717, 1.165) is 0 Å². The minimum absolute atomic E-state index is 0.0174. The first-order valence-electron chi connectivity index (χ1n) is 14.9. The highest BCUT2D eigenvalue weighted by atomic mass is 14.3. The van der Waals surface area contributed by atoms with Crippen molar-refractivity contribution in [1.29, 1.82) is 0 Å². The van der Waals surface area contributed by atoms with Crippen LogP contribution in [-0.2, 0) is 11.8 Å². The van der Waals surface area contributed by atoms with Crippen LogP contribution in [0.1, 0.15) is 146 Å². The molecule has 0 N–H and O–H groups in total. The van der Waals surface area contributed by atoms with Crippen LogP contribution in [0.15, 0.2) is 55.1 Å². The summed E-state index contributed by atoms with van der Waals surface area (Å²) in [6.45, 7) is 11.1. The Morgan fingerprint density at radius 1 is 0.571 bits per heavy atom. The van der Waals surface area contributed by atoms with E-state index in [4.69, 9.17) is 0 Å². The molecule has 0 radical (unpaired) electrons. The highest BCUT2D eigenvalue weighted by Crippen LogP contribution is 2.36. The molecular formula is C35H54. The minimum atomic E-state index is -0.0174. The van der Waals surface area contributed by atoms with Crippen molar-refractivity contribution in [3.05, 3.63) is 77.4 Å². The van der Waals surface area contributed by atoms with Crippen molar-refractivity contribution >= 4 is 6.08 Å². The lowest BCUT2D eigenvalue weighted by molar-refractivity contribution is 0.529. The monoisotopic (exact) mass is 474 g/mol. The molecule has 2 aromatic carbocycles. The van der Waals surface area contributed by atoms with E-state index >= 15 is 0 Å². The summed E-state index contributed by atoms with van der Waals surface area (Å²) in [4.78, 5) is 0. The maximum atomic E-state index is 4.05. The van der Waals surface area contributed by atoms with Crippen LogP contribution in [-0.4, -0.2) is 0 Å². The Kier molecular flexibility index (Phi) is 14.8. The van der Waals surface area contributed by atoms with Gasteiger partial charge in [0.2, 0.25) is 0 Å². The number of rotatable bonds is 20. The Morgan fingerprint density at radius 2 is 1.00 bits per heavy atom. The lowest BCUT2D eigenvalue weighted by Crippen LogP contribution is -2.22. The average Bonchev–Trinajstić information content (AvgIpc) is 2.88. The second-order valence-electron chi connectivity index (χ2n) is 11.1. The van der Waals surface area contributed by atoms with Gasteiger partial charge in [-0.15, -0.1) is 0 Å². The molecule has 35 heavy (non-hydrogen) atoms. The predicted molar refractivity (Wildman–Crippen MR) is 158 cm³/mol. The van der Waals surface area contributed by atoms with Gasteiger partial charge in [0.05, 0.1) is 0 Å². The summed E-state index contributed by atoms with van der Waals surface area (Å²) in [6.07, 6.45) is 26.0. The summed E-state index contributed by atoms with van der Waals surface area (Å²) >= 11 is 0. The fraction of sp³-hybridized carbons (Fsp3) is 0.600. The normalized spacial score (nSPS) is 11.6. The molecule has 2 rings (SSSR count). The van der Waals surface area contributed by atoms with Crippen molar-refractivity contribution in [2.75, 3.05) is 0 Å². The molecule has 0 fully saturated rings. The van der Waals surface area contributed by atoms with Crippen LogP contribution < -0.4 is 0 Å². The summed E-state index contributed by atoms with van der Waals surface area (Å²) in [5.74, 6) is 0. The third kappa shape index (κ3) is 10.8. The fourth-order valence-electron chi connectivity index (χ4n) is 5.60.